The summed E-state index contributed by atoms with van der Waals surface area (Å²) in [6.07, 6.45) is 0.905. The second kappa shape index (κ2) is 12.0. The fourth-order valence-corrected chi connectivity index (χ4v) is 3.17. The number of hydrogen-bond acceptors (Lipinski definition) is 5. The zero-order chi connectivity index (χ0) is 18.9. The van der Waals surface area contributed by atoms with Crippen molar-refractivity contribution in [2.75, 3.05) is 39.2 Å². The molecule has 1 aromatic heterocycles. The van der Waals surface area contributed by atoms with Crippen LogP contribution in [0.25, 0.3) is 0 Å². The van der Waals surface area contributed by atoms with Crippen molar-refractivity contribution in [3.8, 4) is 5.75 Å². The number of aryl methyl sites for hydroxylation is 1. The Bertz CT molecular complexity index is 733. The number of aromatic nitrogens is 1. The van der Waals surface area contributed by atoms with Gasteiger partial charge in [-0.05, 0) is 37.5 Å². The lowest BCUT2D eigenvalue weighted by Crippen LogP contribution is -2.38. The lowest BCUT2D eigenvalue weighted by atomic mass is 10.1. The number of nitrogens with one attached hydrogen (secondary N) is 2. The number of nitrogens with zero attached hydrogens (tertiary/aromatic N) is 3. The number of methoxy groups -OCH3 is 1. The van der Waals surface area contributed by atoms with Crippen LogP contribution in [-0.2, 0) is 13.0 Å². The molecule has 2 rings (SSSR count). The molecule has 0 aliphatic carbocycles. The second-order valence-corrected chi connectivity index (χ2v) is 7.03. The van der Waals surface area contributed by atoms with Crippen LogP contribution >= 0.6 is 35.3 Å². The maximum atomic E-state index is 5.39. The highest BCUT2D eigenvalue weighted by Gasteiger charge is 2.05. The van der Waals surface area contributed by atoms with Gasteiger partial charge in [0, 0.05) is 32.6 Å². The fourth-order valence-electron chi connectivity index (χ4n) is 2.42. The van der Waals surface area contributed by atoms with Gasteiger partial charge in [-0.2, -0.15) is 0 Å². The Labute approximate surface area is 183 Å². The quantitative estimate of drug-likeness (QED) is 0.329. The van der Waals surface area contributed by atoms with Gasteiger partial charge in [0.25, 0.3) is 0 Å². The van der Waals surface area contributed by atoms with E-state index in [0.717, 1.165) is 47.6 Å². The molecule has 0 aliphatic rings. The van der Waals surface area contributed by atoms with Crippen LogP contribution in [0.15, 0.2) is 28.6 Å². The Balaban J connectivity index is 0.00000364. The van der Waals surface area contributed by atoms with Gasteiger partial charge in [-0.25, -0.2) is 9.98 Å². The van der Waals surface area contributed by atoms with Crippen molar-refractivity contribution >= 4 is 46.4 Å². The van der Waals surface area contributed by atoms with E-state index in [-0.39, 0.29) is 24.0 Å². The molecule has 0 radical (unpaired) electrons. The lowest BCUT2D eigenvalue weighted by molar-refractivity contribution is 0.411. The summed E-state index contributed by atoms with van der Waals surface area (Å²) in [5.41, 5.74) is 3.38. The zero-order valence-electron chi connectivity index (χ0n) is 16.7. The molecule has 0 unspecified atom stereocenters. The Hall–Kier alpha value is -1.55. The molecule has 0 saturated heterocycles. The Kier molecular flexibility index (Phi) is 10.5. The van der Waals surface area contributed by atoms with E-state index >= 15 is 0 Å². The highest BCUT2D eigenvalue weighted by molar-refractivity contribution is 14.0. The molecule has 2 N–H and O–H groups in total. The van der Waals surface area contributed by atoms with Crippen molar-refractivity contribution in [1.29, 1.82) is 0 Å². The van der Waals surface area contributed by atoms with Crippen LogP contribution in [0, 0.1) is 6.92 Å². The van der Waals surface area contributed by atoms with E-state index in [4.69, 9.17) is 4.74 Å². The first-order valence-corrected chi connectivity index (χ1v) is 9.68. The number of benzene rings is 1. The number of aliphatic imine (C=N–C) groups is 1. The number of hydrogen-bond donors (Lipinski definition) is 2. The van der Waals surface area contributed by atoms with Crippen molar-refractivity contribution in [3.63, 3.8) is 0 Å². The van der Waals surface area contributed by atoms with Gasteiger partial charge in [0.05, 0.1) is 19.3 Å². The topological polar surface area (TPSA) is 61.8 Å². The van der Waals surface area contributed by atoms with Crippen LogP contribution in [0.2, 0.25) is 0 Å². The van der Waals surface area contributed by atoms with Crippen LogP contribution in [0.3, 0.4) is 0 Å². The largest absolute Gasteiger partial charge is 0.496 e. The summed E-state index contributed by atoms with van der Waals surface area (Å²) >= 11 is 1.64. The van der Waals surface area contributed by atoms with Crippen LogP contribution in [0.4, 0.5) is 5.13 Å². The zero-order valence-corrected chi connectivity index (χ0v) is 19.9. The first kappa shape index (κ1) is 23.5. The number of rotatable bonds is 8. The fraction of sp³-hybridized carbons (Fsp3) is 0.474. The molecule has 0 saturated carbocycles. The number of thiazole rings is 1. The van der Waals surface area contributed by atoms with Crippen LogP contribution in [0.5, 0.6) is 5.75 Å². The van der Waals surface area contributed by atoms with E-state index in [9.17, 15) is 0 Å². The maximum absolute atomic E-state index is 5.39. The first-order chi connectivity index (χ1) is 12.5. The molecule has 0 bridgehead atoms. The monoisotopic (exact) mass is 503 g/mol. The van der Waals surface area contributed by atoms with Gasteiger partial charge in [0.1, 0.15) is 5.75 Å². The summed E-state index contributed by atoms with van der Waals surface area (Å²) in [5, 5.41) is 9.72. The highest BCUT2D eigenvalue weighted by Crippen LogP contribution is 2.19. The van der Waals surface area contributed by atoms with Crippen LogP contribution in [0.1, 0.15) is 23.7 Å². The normalized spacial score (nSPS) is 10.9. The van der Waals surface area contributed by atoms with Gasteiger partial charge in [0.2, 0.25) is 0 Å². The van der Waals surface area contributed by atoms with Gasteiger partial charge < -0.3 is 20.3 Å². The Morgan fingerprint density at radius 2 is 2.07 bits per heavy atom. The number of anilines is 1. The number of ether oxygens (including phenoxy) is 1. The molecule has 0 amide bonds. The molecule has 6 nitrogen and oxygen atoms in total. The smallest absolute Gasteiger partial charge is 0.191 e. The molecular formula is C19H30IN5OS. The predicted molar refractivity (Wildman–Crippen MR) is 126 cm³/mol. The third kappa shape index (κ3) is 7.53. The molecule has 0 atom stereocenters. The highest BCUT2D eigenvalue weighted by atomic mass is 127. The van der Waals surface area contributed by atoms with Crippen LogP contribution < -0.4 is 20.3 Å². The molecule has 1 aromatic carbocycles. The molecule has 2 aromatic rings. The van der Waals surface area contributed by atoms with E-state index in [1.165, 1.54) is 5.56 Å². The summed E-state index contributed by atoms with van der Waals surface area (Å²) < 4.78 is 5.39. The maximum Gasteiger partial charge on any atom is 0.191 e. The summed E-state index contributed by atoms with van der Waals surface area (Å²) in [6, 6.07) is 6.33. The predicted octanol–water partition coefficient (Wildman–Crippen LogP) is 3.44. The summed E-state index contributed by atoms with van der Waals surface area (Å²) in [4.78, 5) is 11.2. The van der Waals surface area contributed by atoms with Crippen molar-refractivity contribution < 1.29 is 4.74 Å². The standard InChI is InChI=1S/C19H29N5OS.HI/c1-6-20-18(22-12-16-13-26-19(23-16)24(3)4)21-10-9-15-8-7-14(2)17(11-15)25-5;/h7-8,11,13H,6,9-10,12H2,1-5H3,(H2,20,21,22);1H. The van der Waals surface area contributed by atoms with E-state index in [2.05, 4.69) is 58.0 Å². The molecule has 8 heteroatoms. The van der Waals surface area contributed by atoms with Gasteiger partial charge in [0.15, 0.2) is 11.1 Å². The average molecular weight is 503 g/mol. The van der Waals surface area contributed by atoms with Crippen molar-refractivity contribution in [2.24, 2.45) is 4.99 Å². The lowest BCUT2D eigenvalue weighted by Gasteiger charge is -2.12. The molecule has 27 heavy (non-hydrogen) atoms. The first-order valence-electron chi connectivity index (χ1n) is 8.81. The molecule has 150 valence electrons. The van der Waals surface area contributed by atoms with E-state index in [1.807, 2.05) is 19.0 Å². The molecule has 0 fully saturated rings. The minimum Gasteiger partial charge on any atom is -0.496 e. The Morgan fingerprint density at radius 1 is 1.30 bits per heavy atom. The third-order valence-corrected chi connectivity index (χ3v) is 4.90. The second-order valence-electron chi connectivity index (χ2n) is 6.19. The minimum absolute atomic E-state index is 0. The molecule has 0 spiro atoms. The van der Waals surface area contributed by atoms with Crippen molar-refractivity contribution in [1.82, 2.24) is 15.6 Å². The van der Waals surface area contributed by atoms with Gasteiger partial charge in [-0.3, -0.25) is 0 Å². The summed E-state index contributed by atoms with van der Waals surface area (Å²) in [6.45, 7) is 6.31. The average Bonchev–Trinajstić information content (AvgIpc) is 3.10. The molecular weight excluding hydrogens is 473 g/mol. The molecule has 1 heterocycles. The van der Waals surface area contributed by atoms with Gasteiger partial charge >= 0.3 is 0 Å². The van der Waals surface area contributed by atoms with E-state index in [1.54, 1.807) is 18.4 Å². The van der Waals surface area contributed by atoms with Crippen LogP contribution in [-0.4, -0.2) is 45.2 Å². The summed E-state index contributed by atoms with van der Waals surface area (Å²) in [7, 11) is 5.70. The third-order valence-electron chi connectivity index (χ3n) is 3.84. The molecule has 0 aliphatic heterocycles. The number of guanidine groups is 1. The number of halogens is 1. The van der Waals surface area contributed by atoms with E-state index < -0.39 is 0 Å². The minimum atomic E-state index is 0. The SMILES string of the molecule is CCNC(=NCc1csc(N(C)C)n1)NCCc1ccc(C)c(OC)c1.I. The van der Waals surface area contributed by atoms with Gasteiger partial charge in [-0.15, -0.1) is 35.3 Å². The van der Waals surface area contributed by atoms with Crippen molar-refractivity contribution in [3.05, 3.63) is 40.4 Å². The van der Waals surface area contributed by atoms with Crippen molar-refractivity contribution in [2.45, 2.75) is 26.8 Å². The van der Waals surface area contributed by atoms with E-state index in [0.29, 0.717) is 6.54 Å². The summed E-state index contributed by atoms with van der Waals surface area (Å²) in [5.74, 6) is 1.74. The Morgan fingerprint density at radius 3 is 2.70 bits per heavy atom. The van der Waals surface area contributed by atoms with Gasteiger partial charge in [-0.1, -0.05) is 12.1 Å².